The van der Waals surface area contributed by atoms with E-state index in [9.17, 15) is 14.9 Å². The fourth-order valence-corrected chi connectivity index (χ4v) is 1.84. The number of hydrogen-bond acceptors (Lipinski definition) is 4. The summed E-state index contributed by atoms with van der Waals surface area (Å²) < 4.78 is 4.96. The molecule has 19 heavy (non-hydrogen) atoms. The molecular weight excluding hydrogens is 250 g/mol. The van der Waals surface area contributed by atoms with Crippen molar-refractivity contribution in [2.75, 3.05) is 7.11 Å². The van der Waals surface area contributed by atoms with Gasteiger partial charge >= 0.3 is 11.9 Å². The first-order valence-electron chi connectivity index (χ1n) is 5.43. The number of carboxylic acid groups (broad SMARTS) is 2. The topological polar surface area (TPSA) is 108 Å². The number of carboxylic acids is 2. The third kappa shape index (κ3) is 3.45. The van der Waals surface area contributed by atoms with Crippen LogP contribution in [0.3, 0.4) is 0 Å². The molecular formula is C13H13NO5. The molecule has 100 valence electrons. The minimum Gasteiger partial charge on any atom is -0.497 e. The summed E-state index contributed by atoms with van der Waals surface area (Å²) in [7, 11) is 1.47. The molecule has 0 aromatic heterocycles. The Morgan fingerprint density at radius 1 is 1.21 bits per heavy atom. The quantitative estimate of drug-likeness (QED) is 0.803. The van der Waals surface area contributed by atoms with Crippen molar-refractivity contribution in [1.29, 1.82) is 5.26 Å². The molecule has 0 bridgehead atoms. The summed E-state index contributed by atoms with van der Waals surface area (Å²) in [6.45, 7) is 0. The van der Waals surface area contributed by atoms with E-state index in [2.05, 4.69) is 0 Å². The lowest BCUT2D eigenvalue weighted by molar-refractivity contribution is -0.140. The molecule has 0 fully saturated rings. The molecule has 0 heterocycles. The van der Waals surface area contributed by atoms with Crippen LogP contribution in [0.4, 0.5) is 0 Å². The molecule has 0 aliphatic carbocycles. The first-order valence-corrected chi connectivity index (χ1v) is 5.43. The van der Waals surface area contributed by atoms with Gasteiger partial charge in [-0.1, -0.05) is 12.1 Å². The fraction of sp³-hybridized carbons (Fsp3) is 0.308. The second-order valence-electron chi connectivity index (χ2n) is 4.06. The average molecular weight is 263 g/mol. The van der Waals surface area contributed by atoms with E-state index in [0.29, 0.717) is 11.3 Å². The number of aliphatic carboxylic acids is 2. The third-order valence-electron chi connectivity index (χ3n) is 2.76. The van der Waals surface area contributed by atoms with Gasteiger partial charge in [-0.05, 0) is 17.7 Å². The third-order valence-corrected chi connectivity index (χ3v) is 2.76. The number of ether oxygens (including phenoxy) is 1. The molecule has 0 aliphatic heterocycles. The van der Waals surface area contributed by atoms with Crippen LogP contribution in [0.1, 0.15) is 18.4 Å². The van der Waals surface area contributed by atoms with Crippen molar-refractivity contribution < 1.29 is 24.5 Å². The number of rotatable bonds is 6. The van der Waals surface area contributed by atoms with Crippen molar-refractivity contribution in [2.24, 2.45) is 0 Å². The molecule has 0 amide bonds. The largest absolute Gasteiger partial charge is 0.497 e. The maximum absolute atomic E-state index is 10.9. The lowest BCUT2D eigenvalue weighted by Gasteiger charge is -2.23. The fourth-order valence-electron chi connectivity index (χ4n) is 1.84. The Balaban J connectivity index is 3.23. The maximum Gasteiger partial charge on any atom is 0.305 e. The summed E-state index contributed by atoms with van der Waals surface area (Å²) in [5, 5.41) is 27.0. The molecule has 0 unspecified atom stereocenters. The summed E-state index contributed by atoms with van der Waals surface area (Å²) in [4.78, 5) is 21.8. The summed E-state index contributed by atoms with van der Waals surface area (Å²) in [6, 6.07) is 7.97. The van der Waals surface area contributed by atoms with E-state index in [0.717, 1.165) is 0 Å². The Bertz CT molecular complexity index is 499. The maximum atomic E-state index is 10.9. The highest BCUT2D eigenvalue weighted by molar-refractivity contribution is 5.75. The zero-order valence-corrected chi connectivity index (χ0v) is 10.3. The summed E-state index contributed by atoms with van der Waals surface area (Å²) in [6.07, 6.45) is -1.13. The number of hydrogen-bond donors (Lipinski definition) is 2. The highest BCUT2D eigenvalue weighted by Gasteiger charge is 2.37. The SMILES string of the molecule is COc1ccc(C(C#N)(CC(=O)O)CC(=O)O)cc1. The van der Waals surface area contributed by atoms with Crippen molar-refractivity contribution in [3.8, 4) is 11.8 Å². The van der Waals surface area contributed by atoms with Gasteiger partial charge in [0.2, 0.25) is 0 Å². The molecule has 0 spiro atoms. The lowest BCUT2D eigenvalue weighted by atomic mass is 9.76. The van der Waals surface area contributed by atoms with E-state index < -0.39 is 30.2 Å². The monoisotopic (exact) mass is 263 g/mol. The van der Waals surface area contributed by atoms with Gasteiger partial charge in [-0.2, -0.15) is 5.26 Å². The van der Waals surface area contributed by atoms with E-state index >= 15 is 0 Å². The standard InChI is InChI=1S/C13H13NO5/c1-19-10-4-2-9(3-5-10)13(8-14,6-11(15)16)7-12(17)18/h2-5H,6-7H2,1H3,(H,15,16)(H,17,18). The van der Waals surface area contributed by atoms with Crippen LogP contribution in [0.2, 0.25) is 0 Å². The van der Waals surface area contributed by atoms with Gasteiger partial charge in [-0.3, -0.25) is 9.59 Å². The zero-order valence-electron chi connectivity index (χ0n) is 10.3. The van der Waals surface area contributed by atoms with Crippen molar-refractivity contribution in [3.05, 3.63) is 29.8 Å². The molecule has 1 rings (SSSR count). The van der Waals surface area contributed by atoms with Crippen molar-refractivity contribution in [2.45, 2.75) is 18.3 Å². The highest BCUT2D eigenvalue weighted by Crippen LogP contribution is 2.32. The van der Waals surface area contributed by atoms with Crippen LogP contribution in [0.5, 0.6) is 5.75 Å². The van der Waals surface area contributed by atoms with Gasteiger partial charge in [0.25, 0.3) is 0 Å². The molecule has 0 aliphatic rings. The van der Waals surface area contributed by atoms with E-state index in [1.165, 1.54) is 19.2 Å². The van der Waals surface area contributed by atoms with E-state index in [4.69, 9.17) is 14.9 Å². The van der Waals surface area contributed by atoms with E-state index in [-0.39, 0.29) is 0 Å². The number of methoxy groups -OCH3 is 1. The van der Waals surface area contributed by atoms with Gasteiger partial charge in [0, 0.05) is 0 Å². The van der Waals surface area contributed by atoms with Crippen LogP contribution in [-0.2, 0) is 15.0 Å². The van der Waals surface area contributed by atoms with Gasteiger partial charge in [0.15, 0.2) is 0 Å². The van der Waals surface area contributed by atoms with E-state index in [1.54, 1.807) is 12.1 Å². The smallest absolute Gasteiger partial charge is 0.305 e. The second-order valence-corrected chi connectivity index (χ2v) is 4.06. The van der Waals surface area contributed by atoms with Gasteiger partial charge in [-0.25, -0.2) is 0 Å². The predicted octanol–water partition coefficient (Wildman–Crippen LogP) is 1.41. The Kier molecular flexibility index (Phi) is 4.48. The number of benzene rings is 1. The van der Waals surface area contributed by atoms with Gasteiger partial charge in [0.05, 0.1) is 26.0 Å². The van der Waals surface area contributed by atoms with Crippen LogP contribution < -0.4 is 4.74 Å². The second kappa shape index (κ2) is 5.87. The predicted molar refractivity (Wildman–Crippen MR) is 64.8 cm³/mol. The van der Waals surface area contributed by atoms with Crippen molar-refractivity contribution in [3.63, 3.8) is 0 Å². The van der Waals surface area contributed by atoms with Crippen LogP contribution in [0.25, 0.3) is 0 Å². The molecule has 0 saturated heterocycles. The molecule has 0 radical (unpaired) electrons. The molecule has 2 N–H and O–H groups in total. The van der Waals surface area contributed by atoms with Crippen molar-refractivity contribution >= 4 is 11.9 Å². The van der Waals surface area contributed by atoms with Gasteiger partial charge in [-0.15, -0.1) is 0 Å². The van der Waals surface area contributed by atoms with Gasteiger partial charge in [0.1, 0.15) is 11.2 Å². The van der Waals surface area contributed by atoms with E-state index in [1.807, 2.05) is 6.07 Å². The summed E-state index contributed by atoms with van der Waals surface area (Å²) in [5.41, 5.74) is -1.23. The minimum atomic E-state index is -1.58. The summed E-state index contributed by atoms with van der Waals surface area (Å²) >= 11 is 0. The average Bonchev–Trinajstić information content (AvgIpc) is 2.36. The molecule has 0 atom stereocenters. The number of carbonyl (C=O) groups is 2. The molecule has 1 aromatic rings. The summed E-state index contributed by atoms with van der Waals surface area (Å²) in [5.74, 6) is -1.90. The number of nitriles is 1. The highest BCUT2D eigenvalue weighted by atomic mass is 16.5. The Morgan fingerprint density at radius 3 is 2.00 bits per heavy atom. The van der Waals surface area contributed by atoms with Gasteiger partial charge < -0.3 is 14.9 Å². The molecule has 1 aromatic carbocycles. The van der Waals surface area contributed by atoms with Crippen LogP contribution in [0, 0.1) is 11.3 Å². The normalized spacial score (nSPS) is 10.5. The molecule has 6 heteroatoms. The van der Waals surface area contributed by atoms with Crippen LogP contribution >= 0.6 is 0 Å². The molecule has 6 nitrogen and oxygen atoms in total. The Morgan fingerprint density at radius 2 is 1.68 bits per heavy atom. The Labute approximate surface area is 109 Å². The first-order chi connectivity index (χ1) is 8.93. The van der Waals surface area contributed by atoms with Crippen molar-refractivity contribution in [1.82, 2.24) is 0 Å². The minimum absolute atomic E-state index is 0.348. The number of nitrogens with zero attached hydrogens (tertiary/aromatic N) is 1. The lowest BCUT2D eigenvalue weighted by Crippen LogP contribution is -2.30. The molecule has 0 saturated carbocycles. The van der Waals surface area contributed by atoms with Crippen LogP contribution in [-0.4, -0.2) is 29.3 Å². The first kappa shape index (κ1) is 14.5. The Hall–Kier alpha value is -2.55. The zero-order chi connectivity index (χ0) is 14.5. The van der Waals surface area contributed by atoms with Crippen LogP contribution in [0.15, 0.2) is 24.3 Å².